The maximum Gasteiger partial charge on any atom is 0.293 e. The van der Waals surface area contributed by atoms with Gasteiger partial charge in [0, 0.05) is 10.4 Å². The molecule has 1 heterocycles. The van der Waals surface area contributed by atoms with Gasteiger partial charge in [0.2, 0.25) is 0 Å². The van der Waals surface area contributed by atoms with Gasteiger partial charge < -0.3 is 4.74 Å². The van der Waals surface area contributed by atoms with Gasteiger partial charge in [-0.3, -0.25) is 4.79 Å². The summed E-state index contributed by atoms with van der Waals surface area (Å²) in [5.74, 6) is 0. The first kappa shape index (κ1) is 16.2. The van der Waals surface area contributed by atoms with Crippen molar-refractivity contribution in [2.24, 2.45) is 5.41 Å². The lowest BCUT2D eigenvalue weighted by atomic mass is 9.86. The van der Waals surface area contributed by atoms with E-state index in [4.69, 9.17) is 16.3 Å². The van der Waals surface area contributed by atoms with E-state index in [2.05, 4.69) is 10.1 Å². The van der Waals surface area contributed by atoms with Gasteiger partial charge in [-0.25, -0.2) is 9.67 Å². The van der Waals surface area contributed by atoms with Crippen molar-refractivity contribution in [3.8, 4) is 0 Å². The first-order valence-electron chi connectivity index (χ1n) is 6.83. The number of rotatable bonds is 5. The van der Waals surface area contributed by atoms with Gasteiger partial charge in [0.15, 0.2) is 0 Å². The number of hydrogen-bond acceptors (Lipinski definition) is 4. The predicted octanol–water partition coefficient (Wildman–Crippen LogP) is 3.52. The number of halogens is 1. The van der Waals surface area contributed by atoms with Crippen molar-refractivity contribution >= 4 is 29.8 Å². The zero-order valence-corrected chi connectivity index (χ0v) is 13.5. The third-order valence-corrected chi connectivity index (χ3v) is 3.37. The van der Waals surface area contributed by atoms with E-state index in [9.17, 15) is 4.79 Å². The monoisotopic (exact) mass is 319 g/mol. The summed E-state index contributed by atoms with van der Waals surface area (Å²) < 4.78 is 6.93. The third-order valence-electron chi connectivity index (χ3n) is 3.11. The minimum atomic E-state index is -0.470. The van der Waals surface area contributed by atoms with Crippen LogP contribution in [0.4, 0.5) is 0 Å². The molecule has 0 bridgehead atoms. The van der Waals surface area contributed by atoms with Gasteiger partial charge in [-0.2, -0.15) is 5.10 Å². The van der Waals surface area contributed by atoms with Crippen LogP contribution in [0, 0.1) is 5.41 Å². The Balaban J connectivity index is 2.51. The Labute approximate surface area is 134 Å². The molecule has 0 fully saturated rings. The van der Waals surface area contributed by atoms with E-state index in [1.807, 2.05) is 39.0 Å². The third kappa shape index (κ3) is 3.95. The summed E-state index contributed by atoms with van der Waals surface area (Å²) in [6.07, 6.45) is 4.46. The zero-order chi connectivity index (χ0) is 16.2. The second kappa shape index (κ2) is 6.75. The zero-order valence-electron chi connectivity index (χ0n) is 12.7. The first-order valence-corrected chi connectivity index (χ1v) is 7.21. The van der Waals surface area contributed by atoms with Crippen LogP contribution in [0.2, 0.25) is 5.02 Å². The Bertz CT molecular complexity index is 643. The van der Waals surface area contributed by atoms with Crippen molar-refractivity contribution in [3.05, 3.63) is 47.5 Å². The molecule has 22 heavy (non-hydrogen) atoms. The Morgan fingerprint density at radius 3 is 2.50 bits per heavy atom. The molecule has 1 unspecified atom stereocenters. The maximum absolute atomic E-state index is 10.9. The molecule has 5 nitrogen and oxygen atoms in total. The number of aromatic nitrogens is 3. The average molecular weight is 320 g/mol. The minimum Gasteiger partial charge on any atom is -0.457 e. The van der Waals surface area contributed by atoms with Gasteiger partial charge in [-0.15, -0.1) is 0 Å². The standard InChI is InChI=1S/C16H18ClN3O2/c1-16(2,3)15(22-11-21)14(20-10-18-9-19-20)8-12-4-6-13(17)7-5-12/h4-11,15H,1-3H3. The molecule has 0 amide bonds. The molecule has 0 radical (unpaired) electrons. The smallest absolute Gasteiger partial charge is 0.293 e. The van der Waals surface area contributed by atoms with Crippen molar-refractivity contribution in [2.45, 2.75) is 26.9 Å². The van der Waals surface area contributed by atoms with Crippen LogP contribution in [0.5, 0.6) is 0 Å². The molecule has 6 heteroatoms. The molecule has 116 valence electrons. The Morgan fingerprint density at radius 1 is 1.32 bits per heavy atom. The minimum absolute atomic E-state index is 0.300. The Hall–Kier alpha value is -2.14. The van der Waals surface area contributed by atoms with E-state index in [-0.39, 0.29) is 5.41 Å². The first-order chi connectivity index (χ1) is 10.4. The van der Waals surface area contributed by atoms with E-state index in [1.165, 1.54) is 6.33 Å². The van der Waals surface area contributed by atoms with Crippen molar-refractivity contribution in [3.63, 3.8) is 0 Å². The second-order valence-corrected chi connectivity index (χ2v) is 6.38. The number of carbonyl (C=O) groups excluding carboxylic acids is 1. The molecule has 0 aliphatic heterocycles. The van der Waals surface area contributed by atoms with Crippen LogP contribution >= 0.6 is 11.6 Å². The SMILES string of the molecule is CC(C)(C)C(OC=O)C(=Cc1ccc(Cl)cc1)n1cncn1. The highest BCUT2D eigenvalue weighted by Gasteiger charge is 2.31. The van der Waals surface area contributed by atoms with Crippen molar-refractivity contribution in [1.29, 1.82) is 0 Å². The quantitative estimate of drug-likeness (QED) is 0.791. The summed E-state index contributed by atoms with van der Waals surface area (Å²) in [5.41, 5.74) is 1.35. The molecule has 0 saturated heterocycles. The lowest BCUT2D eigenvalue weighted by Crippen LogP contribution is -2.32. The lowest BCUT2D eigenvalue weighted by molar-refractivity contribution is -0.135. The number of benzene rings is 1. The fraction of sp³-hybridized carbons (Fsp3) is 0.312. The summed E-state index contributed by atoms with van der Waals surface area (Å²) in [4.78, 5) is 14.9. The molecule has 2 aromatic rings. The van der Waals surface area contributed by atoms with E-state index in [1.54, 1.807) is 23.1 Å². The second-order valence-electron chi connectivity index (χ2n) is 5.94. The van der Waals surface area contributed by atoms with Gasteiger partial charge in [-0.1, -0.05) is 44.5 Å². The van der Waals surface area contributed by atoms with Crippen molar-refractivity contribution in [1.82, 2.24) is 14.8 Å². The highest BCUT2D eigenvalue weighted by molar-refractivity contribution is 6.30. The van der Waals surface area contributed by atoms with E-state index in [0.29, 0.717) is 11.5 Å². The number of carbonyl (C=O) groups is 1. The predicted molar refractivity (Wildman–Crippen MR) is 86.0 cm³/mol. The van der Waals surface area contributed by atoms with Crippen LogP contribution in [0.1, 0.15) is 26.3 Å². The summed E-state index contributed by atoms with van der Waals surface area (Å²) in [5, 5.41) is 4.83. The Morgan fingerprint density at radius 2 is 2.00 bits per heavy atom. The van der Waals surface area contributed by atoms with Crippen LogP contribution in [-0.2, 0) is 9.53 Å². The average Bonchev–Trinajstić information content (AvgIpc) is 2.97. The largest absolute Gasteiger partial charge is 0.457 e. The van der Waals surface area contributed by atoms with Gasteiger partial charge in [-0.05, 0) is 23.8 Å². The van der Waals surface area contributed by atoms with Crippen LogP contribution in [0.15, 0.2) is 36.9 Å². The van der Waals surface area contributed by atoms with Crippen molar-refractivity contribution < 1.29 is 9.53 Å². The molecular weight excluding hydrogens is 302 g/mol. The molecule has 0 saturated carbocycles. The highest BCUT2D eigenvalue weighted by Crippen LogP contribution is 2.31. The van der Waals surface area contributed by atoms with Crippen LogP contribution < -0.4 is 0 Å². The van der Waals surface area contributed by atoms with Crippen LogP contribution in [0.25, 0.3) is 11.8 Å². The molecule has 1 aromatic heterocycles. The summed E-state index contributed by atoms with van der Waals surface area (Å²) >= 11 is 5.91. The fourth-order valence-electron chi connectivity index (χ4n) is 2.11. The molecule has 0 spiro atoms. The van der Waals surface area contributed by atoms with Crippen LogP contribution in [0.3, 0.4) is 0 Å². The number of hydrogen-bond donors (Lipinski definition) is 0. The van der Waals surface area contributed by atoms with Gasteiger partial charge >= 0.3 is 0 Å². The molecule has 0 aliphatic carbocycles. The summed E-state index contributed by atoms with van der Waals surface area (Å²) in [6.45, 7) is 6.44. The molecular formula is C16H18ClN3O2. The van der Waals surface area contributed by atoms with E-state index >= 15 is 0 Å². The van der Waals surface area contributed by atoms with Crippen molar-refractivity contribution in [2.75, 3.05) is 0 Å². The fourth-order valence-corrected chi connectivity index (χ4v) is 2.23. The maximum atomic E-state index is 10.9. The summed E-state index contributed by atoms with van der Waals surface area (Å²) in [7, 11) is 0. The molecule has 1 atom stereocenters. The normalized spacial score (nSPS) is 13.7. The summed E-state index contributed by atoms with van der Waals surface area (Å²) in [6, 6.07) is 7.39. The molecule has 2 rings (SSSR count). The molecule has 0 aliphatic rings. The highest BCUT2D eigenvalue weighted by atomic mass is 35.5. The van der Waals surface area contributed by atoms with E-state index < -0.39 is 6.10 Å². The topological polar surface area (TPSA) is 57.0 Å². The lowest BCUT2D eigenvalue weighted by Gasteiger charge is -2.30. The molecule has 1 aromatic carbocycles. The number of nitrogens with zero attached hydrogens (tertiary/aromatic N) is 3. The van der Waals surface area contributed by atoms with E-state index in [0.717, 1.165) is 11.3 Å². The molecule has 0 N–H and O–H groups in total. The van der Waals surface area contributed by atoms with Gasteiger partial charge in [0.05, 0.1) is 5.70 Å². The van der Waals surface area contributed by atoms with Gasteiger partial charge in [0.25, 0.3) is 6.47 Å². The number of ether oxygens (including phenoxy) is 1. The Kier molecular flexibility index (Phi) is 4.98. The van der Waals surface area contributed by atoms with Crippen LogP contribution in [-0.4, -0.2) is 27.3 Å². The van der Waals surface area contributed by atoms with Gasteiger partial charge in [0.1, 0.15) is 18.8 Å².